The van der Waals surface area contributed by atoms with Gasteiger partial charge in [0.1, 0.15) is 16.3 Å². The Morgan fingerprint density at radius 3 is 2.66 bits per heavy atom. The molecule has 0 aliphatic rings. The van der Waals surface area contributed by atoms with Crippen LogP contribution in [0.3, 0.4) is 0 Å². The largest absolute Gasteiger partial charge is 0.497 e. The van der Waals surface area contributed by atoms with Crippen LogP contribution in [0.15, 0.2) is 58.0 Å². The fourth-order valence-corrected chi connectivity index (χ4v) is 3.10. The Balaban J connectivity index is 1.84. The van der Waals surface area contributed by atoms with Gasteiger partial charge in [-0.1, -0.05) is 35.3 Å². The first-order chi connectivity index (χ1) is 15.4. The second kappa shape index (κ2) is 10.7. The van der Waals surface area contributed by atoms with E-state index in [-0.39, 0.29) is 28.8 Å². The molecule has 0 fully saturated rings. The molecule has 0 atom stereocenters. The molecule has 2 aromatic carbocycles. The van der Waals surface area contributed by atoms with Gasteiger partial charge in [-0.15, -0.1) is 0 Å². The van der Waals surface area contributed by atoms with Crippen molar-refractivity contribution in [2.45, 2.75) is 6.92 Å². The molecular weight excluding hydrogens is 457 g/mol. The maximum absolute atomic E-state index is 12.4. The summed E-state index contributed by atoms with van der Waals surface area (Å²) in [7, 11) is 1.50. The number of benzene rings is 2. The molecule has 0 bridgehead atoms. The number of amides is 1. The number of halogens is 2. The Hall–Kier alpha value is -3.49. The van der Waals surface area contributed by atoms with Crippen LogP contribution in [0.1, 0.15) is 33.4 Å². The molecular formula is C22H19Cl2N3O5. The van der Waals surface area contributed by atoms with Crippen molar-refractivity contribution in [1.82, 2.24) is 5.43 Å². The molecule has 1 heterocycles. The summed E-state index contributed by atoms with van der Waals surface area (Å²) in [5.74, 6) is -0.510. The van der Waals surface area contributed by atoms with E-state index in [2.05, 4.69) is 15.8 Å². The number of hydrazone groups is 1. The summed E-state index contributed by atoms with van der Waals surface area (Å²) in [5.41, 5.74) is 3.29. The van der Waals surface area contributed by atoms with E-state index in [4.69, 9.17) is 37.1 Å². The number of nitrogens with zero attached hydrogens (tertiary/aromatic N) is 1. The Kier molecular flexibility index (Phi) is 7.75. The van der Waals surface area contributed by atoms with E-state index in [0.29, 0.717) is 22.0 Å². The average Bonchev–Trinajstić information content (AvgIpc) is 3.08. The number of esters is 1. The summed E-state index contributed by atoms with van der Waals surface area (Å²) in [6, 6.07) is 13.4. The van der Waals surface area contributed by atoms with Crippen LogP contribution in [0.4, 0.5) is 11.6 Å². The highest BCUT2D eigenvalue weighted by Crippen LogP contribution is 2.34. The van der Waals surface area contributed by atoms with Crippen molar-refractivity contribution in [1.29, 1.82) is 0 Å². The maximum Gasteiger partial charge on any atom is 0.345 e. The molecule has 3 aromatic rings. The molecule has 3 rings (SSSR count). The molecule has 0 radical (unpaired) electrons. The molecule has 0 aliphatic heterocycles. The second-order valence-corrected chi connectivity index (χ2v) is 7.09. The predicted octanol–water partition coefficient (Wildman–Crippen LogP) is 5.28. The van der Waals surface area contributed by atoms with E-state index in [0.717, 1.165) is 0 Å². The van der Waals surface area contributed by atoms with Gasteiger partial charge in [0.25, 0.3) is 5.91 Å². The van der Waals surface area contributed by atoms with Crippen LogP contribution in [0.5, 0.6) is 5.75 Å². The van der Waals surface area contributed by atoms with Crippen LogP contribution in [0.2, 0.25) is 10.0 Å². The third-order valence-corrected chi connectivity index (χ3v) is 4.73. The minimum atomic E-state index is -0.675. The highest BCUT2D eigenvalue weighted by molar-refractivity contribution is 6.36. The number of hydrogen-bond acceptors (Lipinski definition) is 7. The highest BCUT2D eigenvalue weighted by atomic mass is 35.5. The van der Waals surface area contributed by atoms with Crippen LogP contribution in [0, 0.1) is 0 Å². The number of rotatable bonds is 8. The van der Waals surface area contributed by atoms with Gasteiger partial charge < -0.3 is 19.2 Å². The Bertz CT molecular complexity index is 1160. The molecule has 1 amide bonds. The highest BCUT2D eigenvalue weighted by Gasteiger charge is 2.25. The van der Waals surface area contributed by atoms with Crippen molar-refractivity contribution in [3.8, 4) is 5.75 Å². The van der Waals surface area contributed by atoms with Gasteiger partial charge in [-0.25, -0.2) is 10.2 Å². The van der Waals surface area contributed by atoms with Crippen LogP contribution in [-0.4, -0.2) is 31.8 Å². The molecule has 0 spiro atoms. The third-order valence-electron chi connectivity index (χ3n) is 4.12. The minimum Gasteiger partial charge on any atom is -0.497 e. The molecule has 166 valence electrons. The topological polar surface area (TPSA) is 102 Å². The number of hydrogen-bond donors (Lipinski definition) is 2. The summed E-state index contributed by atoms with van der Waals surface area (Å²) < 4.78 is 15.8. The van der Waals surface area contributed by atoms with Crippen molar-refractivity contribution in [3.05, 3.63) is 75.5 Å². The quantitative estimate of drug-likeness (QED) is 0.261. The number of carbonyl (C=O) groups is 2. The van der Waals surface area contributed by atoms with E-state index in [9.17, 15) is 9.59 Å². The Morgan fingerprint density at radius 1 is 1.16 bits per heavy atom. The van der Waals surface area contributed by atoms with E-state index in [1.165, 1.54) is 13.3 Å². The van der Waals surface area contributed by atoms with Gasteiger partial charge in [0, 0.05) is 16.3 Å². The summed E-state index contributed by atoms with van der Waals surface area (Å²) in [4.78, 5) is 24.7. The van der Waals surface area contributed by atoms with E-state index in [1.807, 2.05) is 0 Å². The molecule has 0 saturated carbocycles. The first-order valence-corrected chi connectivity index (χ1v) is 10.2. The smallest absolute Gasteiger partial charge is 0.345 e. The number of nitrogens with one attached hydrogen (secondary N) is 2. The standard InChI is InChI=1S/C22H19Cl2N3O5/c1-3-31-22(29)18-19(24)17(32-21(18)26-15-8-5-7-14(23)11-15)12-25-27-20(28)13-6-4-9-16(10-13)30-2/h4-12,26H,3H2,1-2H3,(H,27,28)/b25-12-. The summed E-state index contributed by atoms with van der Waals surface area (Å²) in [6.45, 7) is 1.82. The first-order valence-electron chi connectivity index (χ1n) is 9.42. The Morgan fingerprint density at radius 2 is 1.94 bits per heavy atom. The monoisotopic (exact) mass is 475 g/mol. The van der Waals surface area contributed by atoms with Gasteiger partial charge >= 0.3 is 5.97 Å². The Labute approximate surface area is 194 Å². The number of carbonyl (C=O) groups excluding carboxylic acids is 2. The minimum absolute atomic E-state index is 0.00550. The molecule has 32 heavy (non-hydrogen) atoms. The van der Waals surface area contributed by atoms with E-state index < -0.39 is 11.9 Å². The van der Waals surface area contributed by atoms with Crippen molar-refractivity contribution >= 4 is 52.9 Å². The fourth-order valence-electron chi connectivity index (χ4n) is 2.66. The van der Waals surface area contributed by atoms with Crippen molar-refractivity contribution in [2.75, 3.05) is 19.0 Å². The fraction of sp³-hybridized carbons (Fsp3) is 0.136. The van der Waals surface area contributed by atoms with E-state index in [1.54, 1.807) is 55.5 Å². The van der Waals surface area contributed by atoms with E-state index >= 15 is 0 Å². The van der Waals surface area contributed by atoms with Gasteiger partial charge in [-0.3, -0.25) is 4.79 Å². The molecule has 2 N–H and O–H groups in total. The first kappa shape index (κ1) is 23.2. The van der Waals surface area contributed by atoms with Crippen molar-refractivity contribution in [2.24, 2.45) is 5.10 Å². The lowest BCUT2D eigenvalue weighted by Crippen LogP contribution is -2.17. The lowest BCUT2D eigenvalue weighted by molar-refractivity contribution is 0.0527. The molecule has 0 saturated heterocycles. The van der Waals surface area contributed by atoms with Crippen LogP contribution < -0.4 is 15.5 Å². The summed E-state index contributed by atoms with van der Waals surface area (Å²) >= 11 is 12.4. The summed E-state index contributed by atoms with van der Waals surface area (Å²) in [5, 5.41) is 7.29. The number of anilines is 2. The second-order valence-electron chi connectivity index (χ2n) is 6.27. The van der Waals surface area contributed by atoms with Crippen LogP contribution in [-0.2, 0) is 4.74 Å². The number of methoxy groups -OCH3 is 1. The van der Waals surface area contributed by atoms with Gasteiger partial charge in [-0.2, -0.15) is 5.10 Å². The normalized spacial score (nSPS) is 10.8. The molecule has 8 nitrogen and oxygen atoms in total. The zero-order chi connectivity index (χ0) is 23.1. The van der Waals surface area contributed by atoms with Crippen molar-refractivity contribution in [3.63, 3.8) is 0 Å². The number of furan rings is 1. The van der Waals surface area contributed by atoms with Crippen LogP contribution >= 0.6 is 23.2 Å². The molecule has 0 unspecified atom stereocenters. The molecule has 1 aromatic heterocycles. The lowest BCUT2D eigenvalue weighted by Gasteiger charge is -2.06. The van der Waals surface area contributed by atoms with Gasteiger partial charge in [-0.05, 0) is 43.3 Å². The lowest BCUT2D eigenvalue weighted by atomic mass is 10.2. The number of ether oxygens (including phenoxy) is 2. The molecule has 10 heteroatoms. The zero-order valence-corrected chi connectivity index (χ0v) is 18.7. The summed E-state index contributed by atoms with van der Waals surface area (Å²) in [6.07, 6.45) is 1.19. The van der Waals surface area contributed by atoms with Gasteiger partial charge in [0.2, 0.25) is 5.88 Å². The predicted molar refractivity (Wildman–Crippen MR) is 122 cm³/mol. The zero-order valence-electron chi connectivity index (χ0n) is 17.1. The third kappa shape index (κ3) is 5.60. The molecule has 0 aliphatic carbocycles. The van der Waals surface area contributed by atoms with Gasteiger partial charge in [0.15, 0.2) is 5.76 Å². The maximum atomic E-state index is 12.4. The average molecular weight is 476 g/mol. The van der Waals surface area contributed by atoms with Crippen LogP contribution in [0.25, 0.3) is 0 Å². The van der Waals surface area contributed by atoms with Crippen molar-refractivity contribution < 1.29 is 23.5 Å². The SMILES string of the molecule is CCOC(=O)c1c(Nc2cccc(Cl)c2)oc(/C=N\NC(=O)c2cccc(OC)c2)c1Cl. The van der Waals surface area contributed by atoms with Gasteiger partial charge in [0.05, 0.1) is 19.9 Å².